The van der Waals surface area contributed by atoms with Gasteiger partial charge in [-0.1, -0.05) is 133 Å². The number of hydrogen-bond acceptors (Lipinski definition) is 1. The second kappa shape index (κ2) is 9.58. The van der Waals surface area contributed by atoms with Gasteiger partial charge in [-0.2, -0.15) is 0 Å². The van der Waals surface area contributed by atoms with Gasteiger partial charge in [0.1, 0.15) is 11.9 Å². The third-order valence-electron chi connectivity index (χ3n) is 9.22. The predicted molar refractivity (Wildman–Crippen MR) is 179 cm³/mol. The van der Waals surface area contributed by atoms with Gasteiger partial charge in [-0.15, -0.1) is 0 Å². The number of rotatable bonds is 3. The van der Waals surface area contributed by atoms with Crippen molar-refractivity contribution in [3.63, 3.8) is 0 Å². The fraction of sp³-hybridized carbons (Fsp3) is 0.0476. The molecule has 0 amide bonds. The fourth-order valence-corrected chi connectivity index (χ4v) is 7.30. The minimum Gasteiger partial charge on any atom is -0.485 e. The van der Waals surface area contributed by atoms with Crippen molar-refractivity contribution in [1.29, 1.82) is 0 Å². The molecule has 1 aliphatic carbocycles. The molecule has 0 aromatic heterocycles. The summed E-state index contributed by atoms with van der Waals surface area (Å²) in [6, 6.07) is 53.0. The van der Waals surface area contributed by atoms with Crippen molar-refractivity contribution >= 4 is 27.6 Å². The highest BCUT2D eigenvalue weighted by Crippen LogP contribution is 2.49. The van der Waals surface area contributed by atoms with Crippen LogP contribution in [0, 0.1) is 0 Å². The first-order valence-corrected chi connectivity index (χ1v) is 15.0. The monoisotopic (exact) mass is 548 g/mol. The maximum Gasteiger partial charge on any atom is 0.128 e. The van der Waals surface area contributed by atoms with E-state index in [4.69, 9.17) is 4.74 Å². The lowest BCUT2D eigenvalue weighted by atomic mass is 9.81. The van der Waals surface area contributed by atoms with E-state index in [1.807, 2.05) is 0 Å². The van der Waals surface area contributed by atoms with Crippen molar-refractivity contribution in [2.24, 2.45) is 0 Å². The quantitative estimate of drug-likeness (QED) is 0.200. The Labute approximate surface area is 251 Å². The zero-order chi connectivity index (χ0) is 28.3. The number of ether oxygens (including phenoxy) is 1. The first-order chi connectivity index (χ1) is 21.3. The highest BCUT2D eigenvalue weighted by atomic mass is 16.5. The summed E-state index contributed by atoms with van der Waals surface area (Å²) < 4.78 is 6.43. The normalized spacial score (nSPS) is 16.5. The van der Waals surface area contributed by atoms with Crippen molar-refractivity contribution in [3.05, 3.63) is 168 Å². The largest absolute Gasteiger partial charge is 0.485 e. The molecule has 202 valence electrons. The molecular formula is C42H28O. The zero-order valence-electron chi connectivity index (χ0n) is 23.6. The van der Waals surface area contributed by atoms with Crippen LogP contribution in [0.1, 0.15) is 22.6 Å². The van der Waals surface area contributed by atoms with Gasteiger partial charge in [-0.05, 0) is 90.3 Å². The molecule has 0 spiro atoms. The Hall–Kier alpha value is -5.40. The number of benzene rings is 7. The summed E-state index contributed by atoms with van der Waals surface area (Å²) in [7, 11) is 0. The van der Waals surface area contributed by atoms with E-state index >= 15 is 0 Å². The van der Waals surface area contributed by atoms with Crippen molar-refractivity contribution in [2.75, 3.05) is 0 Å². The van der Waals surface area contributed by atoms with E-state index in [1.165, 1.54) is 71.6 Å². The van der Waals surface area contributed by atoms with Crippen molar-refractivity contribution in [3.8, 4) is 39.1 Å². The smallest absolute Gasteiger partial charge is 0.128 e. The summed E-state index contributed by atoms with van der Waals surface area (Å²) in [5.74, 6) is 1.20. The first-order valence-electron chi connectivity index (χ1n) is 15.0. The Kier molecular flexibility index (Phi) is 5.39. The first kappa shape index (κ1) is 24.2. The third-order valence-corrected chi connectivity index (χ3v) is 9.22. The van der Waals surface area contributed by atoms with Crippen LogP contribution in [-0.4, -0.2) is 6.10 Å². The van der Waals surface area contributed by atoms with Crippen LogP contribution in [0.2, 0.25) is 0 Å². The van der Waals surface area contributed by atoms with E-state index in [0.717, 1.165) is 5.75 Å². The summed E-state index contributed by atoms with van der Waals surface area (Å²) in [6.45, 7) is 0. The second-order valence-electron chi connectivity index (χ2n) is 11.6. The molecule has 1 heteroatoms. The lowest BCUT2D eigenvalue weighted by molar-refractivity contribution is 0.267. The number of hydrogen-bond donors (Lipinski definition) is 0. The Morgan fingerprint density at radius 3 is 1.74 bits per heavy atom. The van der Waals surface area contributed by atoms with E-state index < -0.39 is 0 Å². The van der Waals surface area contributed by atoms with Gasteiger partial charge in [0.25, 0.3) is 0 Å². The molecule has 0 fully saturated rings. The molecular weight excluding hydrogens is 520 g/mol. The molecule has 2 aliphatic rings. The van der Waals surface area contributed by atoms with Crippen LogP contribution in [0.15, 0.2) is 152 Å². The SMILES string of the molecule is C1=CC2Oc3ccc(-c4ccc5c(-c6ccccc6)c6ccccc6c(-c6ccccc6)c5c4)cc3C2c2ccccc21. The minimum absolute atomic E-state index is 0.0428. The summed E-state index contributed by atoms with van der Waals surface area (Å²) in [6.07, 6.45) is 4.46. The molecule has 1 heterocycles. The van der Waals surface area contributed by atoms with Crippen LogP contribution in [0.3, 0.4) is 0 Å². The van der Waals surface area contributed by atoms with Gasteiger partial charge in [-0.25, -0.2) is 0 Å². The van der Waals surface area contributed by atoms with Crippen LogP contribution in [0.4, 0.5) is 0 Å². The van der Waals surface area contributed by atoms with Crippen molar-refractivity contribution in [1.82, 2.24) is 0 Å². The lowest BCUT2D eigenvalue weighted by Gasteiger charge is -2.23. The van der Waals surface area contributed by atoms with E-state index in [0.29, 0.717) is 0 Å². The van der Waals surface area contributed by atoms with Crippen LogP contribution in [0.5, 0.6) is 5.75 Å². The van der Waals surface area contributed by atoms with E-state index in [-0.39, 0.29) is 12.0 Å². The molecule has 0 saturated heterocycles. The molecule has 7 aromatic rings. The summed E-state index contributed by atoms with van der Waals surface area (Å²) in [5, 5.41) is 5.08. The average molecular weight is 549 g/mol. The Morgan fingerprint density at radius 2 is 1.00 bits per heavy atom. The molecule has 2 unspecified atom stereocenters. The van der Waals surface area contributed by atoms with E-state index in [9.17, 15) is 0 Å². The second-order valence-corrected chi connectivity index (χ2v) is 11.6. The van der Waals surface area contributed by atoms with Crippen LogP contribution < -0.4 is 4.74 Å². The summed E-state index contributed by atoms with van der Waals surface area (Å²) >= 11 is 0. The Balaban J connectivity index is 1.29. The standard InChI is InChI=1S/C42H28O/c1-3-12-28(13-4-1)40-33-17-9-10-18-34(33)41(29-14-5-2-6-15-29)36-25-30(19-22-35(36)40)31-21-23-38-37(26-31)42-32-16-8-7-11-27(32)20-24-39(42)43-38/h1-26,39,42H. The van der Waals surface area contributed by atoms with Gasteiger partial charge < -0.3 is 4.74 Å². The average Bonchev–Trinajstić information content (AvgIpc) is 3.46. The summed E-state index contributed by atoms with van der Waals surface area (Å²) in [5.41, 5.74) is 11.4. The third kappa shape index (κ3) is 3.78. The molecule has 2 atom stereocenters. The molecule has 1 aliphatic heterocycles. The Bertz CT molecular complexity index is 2210. The van der Waals surface area contributed by atoms with Crippen LogP contribution in [0.25, 0.3) is 61.0 Å². The lowest BCUT2D eigenvalue weighted by Crippen LogP contribution is -2.20. The van der Waals surface area contributed by atoms with Crippen LogP contribution >= 0.6 is 0 Å². The molecule has 0 radical (unpaired) electrons. The van der Waals surface area contributed by atoms with Gasteiger partial charge in [0.05, 0.1) is 5.92 Å². The highest BCUT2D eigenvalue weighted by molar-refractivity contribution is 6.21. The van der Waals surface area contributed by atoms with Gasteiger partial charge in [-0.3, -0.25) is 0 Å². The molecule has 43 heavy (non-hydrogen) atoms. The number of fused-ring (bicyclic) bond motifs is 7. The van der Waals surface area contributed by atoms with Crippen molar-refractivity contribution in [2.45, 2.75) is 12.0 Å². The van der Waals surface area contributed by atoms with Gasteiger partial charge in [0.2, 0.25) is 0 Å². The fourth-order valence-electron chi connectivity index (χ4n) is 7.30. The minimum atomic E-state index is 0.0428. The maximum atomic E-state index is 6.43. The summed E-state index contributed by atoms with van der Waals surface area (Å²) in [4.78, 5) is 0. The molecule has 9 rings (SSSR count). The van der Waals surface area contributed by atoms with Crippen molar-refractivity contribution < 1.29 is 4.74 Å². The molecule has 0 saturated carbocycles. The Morgan fingerprint density at radius 1 is 0.419 bits per heavy atom. The zero-order valence-corrected chi connectivity index (χ0v) is 23.6. The van der Waals surface area contributed by atoms with Gasteiger partial charge >= 0.3 is 0 Å². The van der Waals surface area contributed by atoms with Gasteiger partial charge in [0.15, 0.2) is 0 Å². The van der Waals surface area contributed by atoms with Gasteiger partial charge in [0, 0.05) is 5.56 Å². The van der Waals surface area contributed by atoms with E-state index in [1.54, 1.807) is 0 Å². The van der Waals surface area contributed by atoms with E-state index in [2.05, 4.69) is 158 Å². The molecule has 1 nitrogen and oxygen atoms in total. The molecule has 0 bridgehead atoms. The van der Waals surface area contributed by atoms with Crippen LogP contribution in [-0.2, 0) is 0 Å². The molecule has 7 aromatic carbocycles. The molecule has 0 N–H and O–H groups in total. The predicted octanol–water partition coefficient (Wildman–Crippen LogP) is 10.9. The maximum absolute atomic E-state index is 6.43. The topological polar surface area (TPSA) is 9.23 Å². The highest BCUT2D eigenvalue weighted by Gasteiger charge is 2.37.